The molecule has 0 amide bonds. The van der Waals surface area contributed by atoms with Crippen molar-refractivity contribution < 1.29 is 28.6 Å². The summed E-state index contributed by atoms with van der Waals surface area (Å²) in [5, 5.41) is 0. The molecule has 446 valence electrons. The minimum Gasteiger partial charge on any atom is -0.462 e. The molecule has 6 heteroatoms. The molecule has 0 saturated carbocycles. The molecule has 0 aliphatic rings. The van der Waals surface area contributed by atoms with Crippen LogP contribution in [0.1, 0.15) is 278 Å². The van der Waals surface area contributed by atoms with E-state index in [2.05, 4.69) is 167 Å². The van der Waals surface area contributed by atoms with E-state index in [0.717, 1.165) is 122 Å². The van der Waals surface area contributed by atoms with Crippen molar-refractivity contribution in [2.24, 2.45) is 0 Å². The van der Waals surface area contributed by atoms with Gasteiger partial charge in [-0.15, -0.1) is 0 Å². The summed E-state index contributed by atoms with van der Waals surface area (Å²) in [7, 11) is 0. The van der Waals surface area contributed by atoms with Gasteiger partial charge in [0.15, 0.2) is 6.10 Å². The molecule has 0 radical (unpaired) electrons. The Labute approximate surface area is 487 Å². The van der Waals surface area contributed by atoms with Gasteiger partial charge in [-0.25, -0.2) is 0 Å². The van der Waals surface area contributed by atoms with Crippen LogP contribution in [0.3, 0.4) is 0 Å². The summed E-state index contributed by atoms with van der Waals surface area (Å²) in [6.07, 6.45) is 94.5. The van der Waals surface area contributed by atoms with Crippen LogP contribution in [0, 0.1) is 0 Å². The Bertz CT molecular complexity index is 1730. The fraction of sp³-hybridized carbons (Fsp3) is 0.630. The van der Waals surface area contributed by atoms with E-state index in [4.69, 9.17) is 14.2 Å². The second-order valence-electron chi connectivity index (χ2n) is 20.9. The van der Waals surface area contributed by atoms with Gasteiger partial charge in [0.1, 0.15) is 13.2 Å². The van der Waals surface area contributed by atoms with E-state index in [9.17, 15) is 14.4 Å². The van der Waals surface area contributed by atoms with Gasteiger partial charge >= 0.3 is 17.9 Å². The molecular formula is C73H118O6. The smallest absolute Gasteiger partial charge is 0.306 e. The third-order valence-corrected chi connectivity index (χ3v) is 13.3. The fourth-order valence-electron chi connectivity index (χ4n) is 8.50. The quantitative estimate of drug-likeness (QED) is 0.0261. The number of unbranched alkanes of at least 4 members (excludes halogenated alkanes) is 22. The van der Waals surface area contributed by atoms with Crippen LogP contribution in [0.5, 0.6) is 0 Å². The van der Waals surface area contributed by atoms with Crippen molar-refractivity contribution in [2.45, 2.75) is 284 Å². The Morgan fingerprint density at radius 2 is 0.494 bits per heavy atom. The summed E-state index contributed by atoms with van der Waals surface area (Å²) in [4.78, 5) is 38.1. The molecule has 0 rings (SSSR count). The first-order valence-electron chi connectivity index (χ1n) is 32.3. The van der Waals surface area contributed by atoms with Crippen molar-refractivity contribution in [2.75, 3.05) is 13.2 Å². The third kappa shape index (κ3) is 64.0. The van der Waals surface area contributed by atoms with Crippen molar-refractivity contribution in [3.63, 3.8) is 0 Å². The number of hydrogen-bond donors (Lipinski definition) is 0. The van der Waals surface area contributed by atoms with E-state index in [-0.39, 0.29) is 31.1 Å². The number of ether oxygens (including phenoxy) is 3. The zero-order chi connectivity index (χ0) is 57.1. The van der Waals surface area contributed by atoms with Gasteiger partial charge in [-0.2, -0.15) is 0 Å². The zero-order valence-corrected chi connectivity index (χ0v) is 51.1. The van der Waals surface area contributed by atoms with Gasteiger partial charge < -0.3 is 14.2 Å². The number of allylic oxidation sites excluding steroid dienone is 24. The first-order chi connectivity index (χ1) is 39.0. The number of carbonyl (C=O) groups is 3. The van der Waals surface area contributed by atoms with E-state index in [1.165, 1.54) is 109 Å². The van der Waals surface area contributed by atoms with Crippen molar-refractivity contribution in [3.05, 3.63) is 146 Å². The second kappa shape index (κ2) is 65.8. The van der Waals surface area contributed by atoms with E-state index in [1.54, 1.807) is 0 Å². The summed E-state index contributed by atoms with van der Waals surface area (Å²) in [6, 6.07) is 0. The van der Waals surface area contributed by atoms with E-state index < -0.39 is 6.10 Å². The summed E-state index contributed by atoms with van der Waals surface area (Å²) in [6.45, 7) is 6.43. The fourth-order valence-corrected chi connectivity index (χ4v) is 8.50. The second-order valence-corrected chi connectivity index (χ2v) is 20.9. The molecule has 0 spiro atoms. The highest BCUT2D eigenvalue weighted by molar-refractivity contribution is 5.71. The lowest BCUT2D eigenvalue weighted by Gasteiger charge is -2.18. The summed E-state index contributed by atoms with van der Waals surface area (Å²) in [5.41, 5.74) is 0. The van der Waals surface area contributed by atoms with Crippen LogP contribution < -0.4 is 0 Å². The Morgan fingerprint density at radius 1 is 0.266 bits per heavy atom. The maximum atomic E-state index is 12.9. The lowest BCUT2D eigenvalue weighted by molar-refractivity contribution is -0.167. The molecule has 0 aliphatic carbocycles. The average molecular weight is 1090 g/mol. The van der Waals surface area contributed by atoms with Crippen LogP contribution in [-0.2, 0) is 28.6 Å². The Kier molecular flexibility index (Phi) is 61.9. The molecule has 79 heavy (non-hydrogen) atoms. The summed E-state index contributed by atoms with van der Waals surface area (Å²) in [5.74, 6) is -0.955. The number of rotatable bonds is 57. The lowest BCUT2D eigenvalue weighted by atomic mass is 10.1. The SMILES string of the molecule is CC/C=C\C/C=C\C/C=C\C/C=C\C/C=C\C/C=C\C/C=C\C/C=C\C/C=C\C/C=C\CCCCC(=O)OCC(COC(=O)CCCCCCCCC)OC(=O)CCCCCCCCCCC/C=C\C/C=C\CCCCCCC. The summed E-state index contributed by atoms with van der Waals surface area (Å²) >= 11 is 0. The molecule has 0 aromatic carbocycles. The molecule has 0 bridgehead atoms. The van der Waals surface area contributed by atoms with Crippen molar-refractivity contribution in [1.82, 2.24) is 0 Å². The van der Waals surface area contributed by atoms with E-state index in [0.29, 0.717) is 25.7 Å². The van der Waals surface area contributed by atoms with E-state index >= 15 is 0 Å². The Hall–Kier alpha value is -4.71. The average Bonchev–Trinajstić information content (AvgIpc) is 3.45. The number of hydrogen-bond acceptors (Lipinski definition) is 6. The van der Waals surface area contributed by atoms with Gasteiger partial charge in [0.25, 0.3) is 0 Å². The highest BCUT2D eigenvalue weighted by Gasteiger charge is 2.19. The molecular weight excluding hydrogens is 973 g/mol. The van der Waals surface area contributed by atoms with Crippen LogP contribution in [0.4, 0.5) is 0 Å². The van der Waals surface area contributed by atoms with Gasteiger partial charge in [-0.3, -0.25) is 14.4 Å². The third-order valence-electron chi connectivity index (χ3n) is 13.3. The molecule has 0 saturated heterocycles. The van der Waals surface area contributed by atoms with Crippen LogP contribution >= 0.6 is 0 Å². The van der Waals surface area contributed by atoms with Gasteiger partial charge in [-0.1, -0.05) is 276 Å². The minimum atomic E-state index is -0.801. The first-order valence-corrected chi connectivity index (χ1v) is 32.3. The minimum absolute atomic E-state index is 0.0967. The Balaban J connectivity index is 4.26. The Morgan fingerprint density at radius 3 is 0.797 bits per heavy atom. The predicted molar refractivity (Wildman–Crippen MR) is 343 cm³/mol. The topological polar surface area (TPSA) is 78.9 Å². The molecule has 0 N–H and O–H groups in total. The highest BCUT2D eigenvalue weighted by atomic mass is 16.6. The maximum Gasteiger partial charge on any atom is 0.306 e. The van der Waals surface area contributed by atoms with Crippen LogP contribution in [0.25, 0.3) is 0 Å². The number of carbonyl (C=O) groups excluding carboxylic acids is 3. The molecule has 1 unspecified atom stereocenters. The molecule has 0 aliphatic heterocycles. The lowest BCUT2D eigenvalue weighted by Crippen LogP contribution is -2.30. The van der Waals surface area contributed by atoms with Crippen molar-refractivity contribution in [1.29, 1.82) is 0 Å². The van der Waals surface area contributed by atoms with Crippen LogP contribution in [0.2, 0.25) is 0 Å². The van der Waals surface area contributed by atoms with Crippen molar-refractivity contribution >= 4 is 17.9 Å². The monoisotopic (exact) mass is 1090 g/mol. The molecule has 1 atom stereocenters. The molecule has 0 aromatic heterocycles. The van der Waals surface area contributed by atoms with Gasteiger partial charge in [0, 0.05) is 19.3 Å². The van der Waals surface area contributed by atoms with Gasteiger partial charge in [0.2, 0.25) is 0 Å². The summed E-state index contributed by atoms with van der Waals surface area (Å²) < 4.78 is 16.8. The predicted octanol–water partition coefficient (Wildman–Crippen LogP) is 22.3. The molecule has 0 aromatic rings. The normalized spacial score (nSPS) is 13.1. The van der Waals surface area contributed by atoms with E-state index in [1.807, 2.05) is 0 Å². The number of esters is 3. The maximum absolute atomic E-state index is 12.9. The molecule has 0 heterocycles. The van der Waals surface area contributed by atoms with Gasteiger partial charge in [-0.05, 0) is 128 Å². The standard InChI is InChI=1S/C73H118O6/c1-4-7-10-13-16-18-20-22-24-26-28-30-31-32-33-34-35-36-37-38-39-40-41-43-44-46-48-50-52-54-57-60-63-66-72(75)78-69-70(68-77-71(74)65-62-59-56-15-12-9-6-3)79-73(76)67-64-61-58-55-53-51-49-47-45-42-29-27-25-23-21-19-17-14-11-8-5-2/h7,10,16,18,21-24,27-30,32-33,35-36,38-39,41,43,46,48,52,54,70H,4-6,8-9,11-15,17,19-20,25-26,31,34,37,40,42,44-45,47,49-51,53,55-69H2,1-3H3/b10-7-,18-16-,23-21-,24-22-,29-27-,30-28-,33-32-,36-35-,39-38-,43-41-,48-46-,54-52-. The zero-order valence-electron chi connectivity index (χ0n) is 51.1. The van der Waals surface area contributed by atoms with Crippen LogP contribution in [-0.4, -0.2) is 37.2 Å². The van der Waals surface area contributed by atoms with Gasteiger partial charge in [0.05, 0.1) is 0 Å². The molecule has 0 fully saturated rings. The first kappa shape index (κ1) is 74.3. The largest absolute Gasteiger partial charge is 0.462 e. The van der Waals surface area contributed by atoms with Crippen LogP contribution in [0.15, 0.2) is 146 Å². The molecule has 6 nitrogen and oxygen atoms in total. The van der Waals surface area contributed by atoms with Crippen molar-refractivity contribution in [3.8, 4) is 0 Å². The highest BCUT2D eigenvalue weighted by Crippen LogP contribution is 2.14.